The van der Waals surface area contributed by atoms with Gasteiger partial charge in [0, 0.05) is 17.1 Å². The average Bonchev–Trinajstić information content (AvgIpc) is 2.32. The van der Waals surface area contributed by atoms with Crippen molar-refractivity contribution in [2.24, 2.45) is 0 Å². The molecule has 1 saturated heterocycles. The fourth-order valence-corrected chi connectivity index (χ4v) is 2.47. The number of ether oxygens (including phenoxy) is 1. The number of benzene rings is 1. The van der Waals surface area contributed by atoms with Crippen molar-refractivity contribution in [2.45, 2.75) is 25.3 Å². The van der Waals surface area contributed by atoms with Crippen molar-refractivity contribution in [3.63, 3.8) is 0 Å². The molecule has 0 aromatic heterocycles. The zero-order valence-electron chi connectivity index (χ0n) is 10.1. The number of hydrogen-bond donors (Lipinski definition) is 1. The highest BCUT2D eigenvalue weighted by Gasteiger charge is 2.29. The lowest BCUT2D eigenvalue weighted by Gasteiger charge is -2.35. The van der Waals surface area contributed by atoms with Gasteiger partial charge in [-0.3, -0.25) is 10.1 Å². The molecule has 1 aromatic carbocycles. The van der Waals surface area contributed by atoms with Crippen LogP contribution in [0, 0.1) is 10.1 Å². The summed E-state index contributed by atoms with van der Waals surface area (Å²) in [5.74, 6) is 0. The van der Waals surface area contributed by atoms with Gasteiger partial charge in [-0.15, -0.1) is 0 Å². The molecule has 1 atom stereocenters. The van der Waals surface area contributed by atoms with E-state index in [-0.39, 0.29) is 16.1 Å². The van der Waals surface area contributed by atoms with E-state index in [9.17, 15) is 10.1 Å². The van der Waals surface area contributed by atoms with Crippen LogP contribution in [-0.4, -0.2) is 23.7 Å². The molecule has 1 aliphatic heterocycles. The molecule has 1 aromatic rings. The number of hydrogen-bond acceptors (Lipinski definition) is 4. The number of anilines is 1. The topological polar surface area (TPSA) is 64.4 Å². The summed E-state index contributed by atoms with van der Waals surface area (Å²) >= 11 is 3.25. The van der Waals surface area contributed by atoms with E-state index in [1.54, 1.807) is 12.1 Å². The molecule has 5 nitrogen and oxygen atoms in total. The number of nitrogens with one attached hydrogen (secondary N) is 1. The Labute approximate surface area is 114 Å². The van der Waals surface area contributed by atoms with E-state index in [2.05, 4.69) is 21.2 Å². The van der Waals surface area contributed by atoms with Crippen molar-refractivity contribution in [1.29, 1.82) is 0 Å². The Hall–Kier alpha value is -1.14. The van der Waals surface area contributed by atoms with Gasteiger partial charge in [0.05, 0.1) is 17.1 Å². The van der Waals surface area contributed by atoms with Crippen LogP contribution in [0.2, 0.25) is 0 Å². The molecule has 98 valence electrons. The largest absolute Gasteiger partial charge is 0.379 e. The van der Waals surface area contributed by atoms with Crippen molar-refractivity contribution in [3.8, 4) is 0 Å². The molecule has 1 aliphatic rings. The Bertz CT molecular complexity index is 459. The molecule has 0 radical (unpaired) electrons. The predicted octanol–water partition coefficient (Wildman–Crippen LogP) is 3.34. The summed E-state index contributed by atoms with van der Waals surface area (Å²) in [6, 6.07) is 5.03. The van der Waals surface area contributed by atoms with E-state index >= 15 is 0 Å². The maximum Gasteiger partial charge on any atom is 0.293 e. The highest BCUT2D eigenvalue weighted by Crippen LogP contribution is 2.32. The first-order valence-electron chi connectivity index (χ1n) is 5.80. The lowest BCUT2D eigenvalue weighted by molar-refractivity contribution is -0.384. The Kier molecular flexibility index (Phi) is 3.87. The van der Waals surface area contributed by atoms with Gasteiger partial charge in [0.25, 0.3) is 5.69 Å². The van der Waals surface area contributed by atoms with Gasteiger partial charge in [-0.1, -0.05) is 15.9 Å². The summed E-state index contributed by atoms with van der Waals surface area (Å²) < 4.78 is 6.14. The highest BCUT2D eigenvalue weighted by molar-refractivity contribution is 9.10. The van der Waals surface area contributed by atoms with Gasteiger partial charge in [-0.05, 0) is 31.9 Å². The van der Waals surface area contributed by atoms with E-state index < -0.39 is 0 Å². The molecule has 1 unspecified atom stereocenters. The molecule has 1 heterocycles. The molecule has 0 spiro atoms. The molecule has 1 N–H and O–H groups in total. The van der Waals surface area contributed by atoms with Crippen LogP contribution < -0.4 is 5.32 Å². The second kappa shape index (κ2) is 5.24. The molecule has 0 amide bonds. The average molecular weight is 315 g/mol. The normalized spacial score (nSPS) is 23.7. The fourth-order valence-electron chi connectivity index (χ4n) is 2.12. The molecule has 0 saturated carbocycles. The minimum absolute atomic E-state index is 0.0798. The smallest absolute Gasteiger partial charge is 0.293 e. The minimum atomic E-state index is -0.375. The van der Waals surface area contributed by atoms with Gasteiger partial charge in [-0.25, -0.2) is 0 Å². The van der Waals surface area contributed by atoms with Crippen LogP contribution >= 0.6 is 15.9 Å². The number of halogens is 1. The summed E-state index contributed by atoms with van der Waals surface area (Å²) in [5, 5.41) is 14.3. The molecule has 1 fully saturated rings. The molecule has 0 bridgehead atoms. The second-order valence-electron chi connectivity index (χ2n) is 4.76. The van der Waals surface area contributed by atoms with Gasteiger partial charge >= 0.3 is 0 Å². The number of nitro benzene ring substituents is 1. The second-order valence-corrected chi connectivity index (χ2v) is 5.68. The summed E-state index contributed by atoms with van der Waals surface area (Å²) in [6.07, 6.45) is 1.91. The van der Waals surface area contributed by atoms with Crippen LogP contribution in [-0.2, 0) is 4.74 Å². The predicted molar refractivity (Wildman–Crippen MR) is 72.9 cm³/mol. The maximum absolute atomic E-state index is 11.0. The van der Waals surface area contributed by atoms with Crippen LogP contribution in [0.4, 0.5) is 11.4 Å². The summed E-state index contributed by atoms with van der Waals surface area (Å²) in [4.78, 5) is 10.7. The van der Waals surface area contributed by atoms with Crippen LogP contribution in [0.5, 0.6) is 0 Å². The van der Waals surface area contributed by atoms with E-state index in [4.69, 9.17) is 4.74 Å². The van der Waals surface area contributed by atoms with Crippen molar-refractivity contribution < 1.29 is 9.66 Å². The molecule has 2 rings (SSSR count). The third-order valence-corrected chi connectivity index (χ3v) is 3.52. The van der Waals surface area contributed by atoms with E-state index in [0.29, 0.717) is 16.8 Å². The monoisotopic (exact) mass is 314 g/mol. The van der Waals surface area contributed by atoms with Gasteiger partial charge in [0.15, 0.2) is 0 Å². The lowest BCUT2D eigenvalue weighted by Crippen LogP contribution is -2.43. The summed E-state index contributed by atoms with van der Waals surface area (Å²) in [7, 11) is 0. The summed E-state index contributed by atoms with van der Waals surface area (Å²) in [5.41, 5.74) is 0.379. The van der Waals surface area contributed by atoms with Crippen LogP contribution in [0.25, 0.3) is 0 Å². The summed E-state index contributed by atoms with van der Waals surface area (Å²) in [6.45, 7) is 3.36. The molecular weight excluding hydrogens is 300 g/mol. The first-order valence-corrected chi connectivity index (χ1v) is 6.59. The van der Waals surface area contributed by atoms with Crippen molar-refractivity contribution in [2.75, 3.05) is 18.5 Å². The first-order chi connectivity index (χ1) is 8.50. The van der Waals surface area contributed by atoms with Crippen molar-refractivity contribution >= 4 is 27.3 Å². The zero-order valence-corrected chi connectivity index (χ0v) is 11.7. The van der Waals surface area contributed by atoms with Crippen molar-refractivity contribution in [3.05, 3.63) is 32.8 Å². The van der Waals surface area contributed by atoms with Crippen LogP contribution in [0.3, 0.4) is 0 Å². The Balaban J connectivity index is 2.25. The van der Waals surface area contributed by atoms with E-state index in [1.165, 1.54) is 6.07 Å². The SMILES string of the molecule is CC1(Nc2ccc(Br)cc2[N+](=O)[O-])CCCOC1. The quantitative estimate of drug-likeness (QED) is 0.686. The maximum atomic E-state index is 11.0. The van der Waals surface area contributed by atoms with Gasteiger partial charge < -0.3 is 10.1 Å². The van der Waals surface area contributed by atoms with Crippen LogP contribution in [0.15, 0.2) is 22.7 Å². The first kappa shape index (κ1) is 13.3. The van der Waals surface area contributed by atoms with Gasteiger partial charge in [0.1, 0.15) is 5.69 Å². The molecule has 0 aliphatic carbocycles. The Morgan fingerprint density at radius 1 is 1.56 bits per heavy atom. The van der Waals surface area contributed by atoms with Crippen LogP contribution in [0.1, 0.15) is 19.8 Å². The standard InChI is InChI=1S/C12H15BrN2O3/c1-12(5-2-6-18-8-12)14-10-4-3-9(13)7-11(10)15(16)17/h3-4,7,14H,2,5-6,8H2,1H3. The fraction of sp³-hybridized carbons (Fsp3) is 0.500. The number of nitrogens with zero attached hydrogens (tertiary/aromatic N) is 1. The minimum Gasteiger partial charge on any atom is -0.379 e. The molecule has 18 heavy (non-hydrogen) atoms. The zero-order chi connectivity index (χ0) is 13.2. The molecule has 6 heteroatoms. The Morgan fingerprint density at radius 3 is 2.94 bits per heavy atom. The molecular formula is C12H15BrN2O3. The third kappa shape index (κ3) is 3.00. The number of rotatable bonds is 3. The lowest BCUT2D eigenvalue weighted by atomic mass is 9.94. The van der Waals surface area contributed by atoms with E-state index in [0.717, 1.165) is 19.4 Å². The van der Waals surface area contributed by atoms with Gasteiger partial charge in [0.2, 0.25) is 0 Å². The van der Waals surface area contributed by atoms with E-state index in [1.807, 2.05) is 6.92 Å². The Morgan fingerprint density at radius 2 is 2.33 bits per heavy atom. The van der Waals surface area contributed by atoms with Gasteiger partial charge in [-0.2, -0.15) is 0 Å². The highest BCUT2D eigenvalue weighted by atomic mass is 79.9. The number of nitro groups is 1. The van der Waals surface area contributed by atoms with Crippen molar-refractivity contribution in [1.82, 2.24) is 0 Å². The third-order valence-electron chi connectivity index (χ3n) is 3.03.